The lowest BCUT2D eigenvalue weighted by atomic mass is 10.0. The summed E-state index contributed by atoms with van der Waals surface area (Å²) < 4.78 is 0. The molecule has 4 nitrogen and oxygen atoms in total. The zero-order valence-corrected chi connectivity index (χ0v) is 10.1. The number of carbonyl (C=O) groups excluding carboxylic acids is 1. The zero-order chi connectivity index (χ0) is 12.3. The summed E-state index contributed by atoms with van der Waals surface area (Å²) in [6, 6.07) is 7.13. The van der Waals surface area contributed by atoms with Gasteiger partial charge < -0.3 is 10.7 Å². The number of nitrogens with one attached hydrogen (secondary N) is 2. The zero-order valence-electron chi connectivity index (χ0n) is 10.1. The van der Waals surface area contributed by atoms with Crippen LogP contribution in [0.15, 0.2) is 24.3 Å². The number of anilines is 1. The molecule has 0 aromatic heterocycles. The van der Waals surface area contributed by atoms with Gasteiger partial charge in [-0.25, -0.2) is 0 Å². The first-order valence-corrected chi connectivity index (χ1v) is 6.04. The molecule has 92 valence electrons. The highest BCUT2D eigenvalue weighted by Gasteiger charge is 2.40. The van der Waals surface area contributed by atoms with Gasteiger partial charge in [-0.1, -0.05) is 6.92 Å². The van der Waals surface area contributed by atoms with Crippen LogP contribution in [0.5, 0.6) is 0 Å². The maximum absolute atomic E-state index is 11.9. The molecule has 0 spiro atoms. The van der Waals surface area contributed by atoms with Crippen LogP contribution >= 0.6 is 0 Å². The van der Waals surface area contributed by atoms with Crippen molar-refractivity contribution in [2.75, 3.05) is 12.0 Å². The van der Waals surface area contributed by atoms with Gasteiger partial charge in [0.2, 0.25) is 0 Å². The monoisotopic (exact) mass is 233 g/mol. The Bertz CT molecular complexity index is 396. The predicted octanol–water partition coefficient (Wildman–Crippen LogP) is 1.89. The van der Waals surface area contributed by atoms with E-state index >= 15 is 0 Å². The number of hydrogen-bond donors (Lipinski definition) is 3. The molecule has 2 rings (SSSR count). The van der Waals surface area contributed by atoms with Gasteiger partial charge in [0.15, 0.2) is 0 Å². The summed E-state index contributed by atoms with van der Waals surface area (Å²) in [6.07, 6.45) is 3.61. The fourth-order valence-electron chi connectivity index (χ4n) is 1.92. The molecule has 1 amide bonds. The Balaban J connectivity index is 1.90. The Morgan fingerprint density at radius 1 is 1.35 bits per heavy atom. The van der Waals surface area contributed by atoms with E-state index in [2.05, 4.69) is 17.7 Å². The average Bonchev–Trinajstić information content (AvgIpc) is 3.17. The molecule has 4 heteroatoms. The van der Waals surface area contributed by atoms with Gasteiger partial charge in [0.05, 0.1) is 0 Å². The topological polar surface area (TPSA) is 67.2 Å². The number of hydrogen-bond acceptors (Lipinski definition) is 3. The molecule has 1 fully saturated rings. The minimum Gasteiger partial charge on any atom is -0.351 e. The molecule has 0 atom stereocenters. The number of carbonyl (C=O) groups is 1. The van der Waals surface area contributed by atoms with Crippen molar-refractivity contribution < 1.29 is 4.79 Å². The van der Waals surface area contributed by atoms with E-state index in [-0.39, 0.29) is 5.91 Å². The molecule has 0 aliphatic heterocycles. The Morgan fingerprint density at radius 2 is 2.00 bits per heavy atom. The van der Waals surface area contributed by atoms with E-state index in [4.69, 9.17) is 5.84 Å². The van der Waals surface area contributed by atoms with Crippen LogP contribution in [-0.4, -0.2) is 12.5 Å². The second-order valence-corrected chi connectivity index (χ2v) is 4.76. The highest BCUT2D eigenvalue weighted by molar-refractivity contribution is 5.94. The summed E-state index contributed by atoms with van der Waals surface area (Å²) in [5.74, 6) is 5.26. The quantitative estimate of drug-likeness (QED) is 0.537. The Labute approximate surface area is 102 Å². The molecule has 17 heavy (non-hydrogen) atoms. The number of amides is 1. The van der Waals surface area contributed by atoms with Gasteiger partial charge in [0.1, 0.15) is 0 Å². The van der Waals surface area contributed by atoms with E-state index in [1.165, 1.54) is 12.8 Å². The molecular weight excluding hydrogens is 214 g/mol. The van der Waals surface area contributed by atoms with Crippen molar-refractivity contribution in [2.45, 2.75) is 26.2 Å². The van der Waals surface area contributed by atoms with E-state index in [0.717, 1.165) is 18.7 Å². The summed E-state index contributed by atoms with van der Waals surface area (Å²) >= 11 is 0. The molecule has 1 aromatic carbocycles. The fraction of sp³-hybridized carbons (Fsp3) is 0.462. The van der Waals surface area contributed by atoms with Gasteiger partial charge in [-0.15, -0.1) is 0 Å². The van der Waals surface area contributed by atoms with Crippen LogP contribution in [0.1, 0.15) is 36.5 Å². The molecule has 0 saturated heterocycles. The largest absolute Gasteiger partial charge is 0.351 e. The van der Waals surface area contributed by atoms with Crippen LogP contribution < -0.4 is 16.6 Å². The van der Waals surface area contributed by atoms with Crippen molar-refractivity contribution in [1.82, 2.24) is 5.32 Å². The van der Waals surface area contributed by atoms with Crippen LogP contribution in [0.3, 0.4) is 0 Å². The molecule has 1 saturated carbocycles. The molecule has 0 unspecified atom stereocenters. The Morgan fingerprint density at radius 3 is 2.47 bits per heavy atom. The molecule has 0 heterocycles. The normalized spacial score (nSPS) is 16.4. The Kier molecular flexibility index (Phi) is 3.33. The predicted molar refractivity (Wildman–Crippen MR) is 68.5 cm³/mol. The van der Waals surface area contributed by atoms with Crippen molar-refractivity contribution in [1.29, 1.82) is 0 Å². The van der Waals surface area contributed by atoms with E-state index in [0.29, 0.717) is 11.0 Å². The lowest BCUT2D eigenvalue weighted by Gasteiger charge is -2.13. The third-order valence-corrected chi connectivity index (χ3v) is 3.64. The third kappa shape index (κ3) is 2.77. The first-order valence-electron chi connectivity index (χ1n) is 6.04. The summed E-state index contributed by atoms with van der Waals surface area (Å²) in [4.78, 5) is 11.9. The van der Waals surface area contributed by atoms with Crippen molar-refractivity contribution in [3.8, 4) is 0 Å². The minimum absolute atomic E-state index is 0.00621. The van der Waals surface area contributed by atoms with Crippen molar-refractivity contribution >= 4 is 11.6 Å². The van der Waals surface area contributed by atoms with Gasteiger partial charge in [0.25, 0.3) is 5.91 Å². The first-order chi connectivity index (χ1) is 8.19. The lowest BCUT2D eigenvalue weighted by Crippen LogP contribution is -2.29. The Hall–Kier alpha value is -1.55. The van der Waals surface area contributed by atoms with Gasteiger partial charge in [0, 0.05) is 17.8 Å². The van der Waals surface area contributed by atoms with Crippen LogP contribution in [0, 0.1) is 5.41 Å². The van der Waals surface area contributed by atoms with Crippen LogP contribution in [0.4, 0.5) is 5.69 Å². The summed E-state index contributed by atoms with van der Waals surface area (Å²) in [5.41, 5.74) is 4.40. The maximum Gasteiger partial charge on any atom is 0.251 e. The van der Waals surface area contributed by atoms with Crippen LogP contribution in [0.2, 0.25) is 0 Å². The van der Waals surface area contributed by atoms with Crippen molar-refractivity contribution in [2.24, 2.45) is 11.3 Å². The number of rotatable bonds is 5. The third-order valence-electron chi connectivity index (χ3n) is 3.64. The molecule has 4 N–H and O–H groups in total. The highest BCUT2D eigenvalue weighted by Crippen LogP contribution is 2.47. The first kappa shape index (κ1) is 11.9. The number of nitrogens with two attached hydrogens (primary N) is 1. The highest BCUT2D eigenvalue weighted by atomic mass is 16.1. The minimum atomic E-state index is -0.00621. The fourth-order valence-corrected chi connectivity index (χ4v) is 1.92. The average molecular weight is 233 g/mol. The summed E-state index contributed by atoms with van der Waals surface area (Å²) in [5, 5.41) is 3.00. The van der Waals surface area contributed by atoms with Crippen LogP contribution in [-0.2, 0) is 0 Å². The molecule has 1 aliphatic rings. The van der Waals surface area contributed by atoms with Crippen LogP contribution in [0.25, 0.3) is 0 Å². The summed E-state index contributed by atoms with van der Waals surface area (Å²) in [7, 11) is 0. The maximum atomic E-state index is 11.9. The molecule has 1 aromatic rings. The SMILES string of the molecule is CCC1(CNC(=O)c2ccc(NN)cc2)CC1. The molecular formula is C13H19N3O. The molecule has 0 radical (unpaired) electrons. The van der Waals surface area contributed by atoms with Gasteiger partial charge >= 0.3 is 0 Å². The summed E-state index contributed by atoms with van der Waals surface area (Å²) in [6.45, 7) is 2.97. The lowest BCUT2D eigenvalue weighted by molar-refractivity contribution is 0.0944. The van der Waals surface area contributed by atoms with E-state index in [9.17, 15) is 4.79 Å². The van der Waals surface area contributed by atoms with Gasteiger partial charge in [-0.05, 0) is 48.9 Å². The standard InChI is InChI=1S/C13H19N3O/c1-2-13(7-8-13)9-15-12(17)10-3-5-11(16-14)6-4-10/h3-6,16H,2,7-9,14H2,1H3,(H,15,17). The van der Waals surface area contributed by atoms with E-state index < -0.39 is 0 Å². The molecule has 0 bridgehead atoms. The van der Waals surface area contributed by atoms with Crippen molar-refractivity contribution in [3.63, 3.8) is 0 Å². The number of hydrazine groups is 1. The smallest absolute Gasteiger partial charge is 0.251 e. The van der Waals surface area contributed by atoms with E-state index in [1.54, 1.807) is 24.3 Å². The molecule has 1 aliphatic carbocycles. The second kappa shape index (κ2) is 4.75. The van der Waals surface area contributed by atoms with E-state index in [1.807, 2.05) is 0 Å². The number of benzene rings is 1. The van der Waals surface area contributed by atoms with Crippen molar-refractivity contribution in [3.05, 3.63) is 29.8 Å². The second-order valence-electron chi connectivity index (χ2n) is 4.76. The number of nitrogen functional groups attached to an aromatic ring is 1. The van der Waals surface area contributed by atoms with Gasteiger partial charge in [-0.3, -0.25) is 10.6 Å². The van der Waals surface area contributed by atoms with Gasteiger partial charge in [-0.2, -0.15) is 0 Å².